The van der Waals surface area contributed by atoms with Crippen molar-refractivity contribution in [3.05, 3.63) is 29.8 Å². The largest absolute Gasteiger partial charge is 0.395 e. The smallest absolute Gasteiger partial charge is 0.313 e. The van der Waals surface area contributed by atoms with Crippen molar-refractivity contribution < 1.29 is 14.7 Å². The van der Waals surface area contributed by atoms with Gasteiger partial charge in [0.1, 0.15) is 0 Å². The first-order valence-corrected chi connectivity index (χ1v) is 5.84. The number of rotatable bonds is 4. The molecule has 0 aliphatic heterocycles. The van der Waals surface area contributed by atoms with Crippen LogP contribution in [-0.4, -0.2) is 30.1 Å². The van der Waals surface area contributed by atoms with Crippen molar-refractivity contribution in [1.82, 2.24) is 5.32 Å². The van der Waals surface area contributed by atoms with Crippen molar-refractivity contribution in [2.75, 3.05) is 18.5 Å². The van der Waals surface area contributed by atoms with Crippen LogP contribution in [0.25, 0.3) is 0 Å². The number of amides is 2. The fraction of sp³-hybridized carbons (Fsp3) is 0.385. The van der Waals surface area contributed by atoms with Gasteiger partial charge in [-0.25, -0.2) is 0 Å². The summed E-state index contributed by atoms with van der Waals surface area (Å²) in [4.78, 5) is 22.7. The van der Waals surface area contributed by atoms with Gasteiger partial charge in [0.25, 0.3) is 0 Å². The van der Waals surface area contributed by atoms with E-state index in [4.69, 9.17) is 5.11 Å². The Labute approximate surface area is 106 Å². The molecule has 0 saturated carbocycles. The highest BCUT2D eigenvalue weighted by atomic mass is 16.3. The SMILES string of the molecule is CC(C)c1ccc(NC(=O)C(=O)NCCO)cc1. The number of hydrogen-bond acceptors (Lipinski definition) is 3. The van der Waals surface area contributed by atoms with E-state index in [1.807, 2.05) is 12.1 Å². The molecule has 5 heteroatoms. The number of aliphatic hydroxyl groups is 1. The molecular weight excluding hydrogens is 232 g/mol. The molecular formula is C13H18N2O3. The van der Waals surface area contributed by atoms with Gasteiger partial charge in [0.05, 0.1) is 6.61 Å². The number of nitrogens with one attached hydrogen (secondary N) is 2. The molecule has 0 fully saturated rings. The van der Waals surface area contributed by atoms with Crippen LogP contribution in [0.1, 0.15) is 25.3 Å². The molecule has 0 heterocycles. The number of benzene rings is 1. The molecule has 0 spiro atoms. The molecule has 0 aliphatic carbocycles. The van der Waals surface area contributed by atoms with E-state index >= 15 is 0 Å². The Hall–Kier alpha value is -1.88. The normalized spacial score (nSPS) is 10.2. The predicted octanol–water partition coefficient (Wildman–Crippen LogP) is 0.857. The summed E-state index contributed by atoms with van der Waals surface area (Å²) in [6.07, 6.45) is 0. The van der Waals surface area contributed by atoms with Crippen LogP contribution < -0.4 is 10.6 Å². The minimum atomic E-state index is -0.753. The zero-order valence-corrected chi connectivity index (χ0v) is 10.6. The van der Waals surface area contributed by atoms with Gasteiger partial charge in [0.2, 0.25) is 0 Å². The van der Waals surface area contributed by atoms with Crippen LogP contribution >= 0.6 is 0 Å². The van der Waals surface area contributed by atoms with Gasteiger partial charge in [-0.05, 0) is 23.6 Å². The van der Waals surface area contributed by atoms with E-state index < -0.39 is 11.8 Å². The molecule has 0 radical (unpaired) electrons. The molecule has 1 aromatic rings. The predicted molar refractivity (Wildman–Crippen MR) is 69.3 cm³/mol. The molecule has 0 unspecified atom stereocenters. The average molecular weight is 250 g/mol. The topological polar surface area (TPSA) is 78.4 Å². The van der Waals surface area contributed by atoms with Crippen molar-refractivity contribution in [3.8, 4) is 0 Å². The summed E-state index contributed by atoms with van der Waals surface area (Å²) in [6, 6.07) is 7.33. The molecule has 2 amide bonds. The van der Waals surface area contributed by atoms with Crippen LogP contribution in [0, 0.1) is 0 Å². The summed E-state index contributed by atoms with van der Waals surface area (Å²) in [5.74, 6) is -1.07. The first kappa shape index (κ1) is 14.2. The van der Waals surface area contributed by atoms with E-state index in [0.29, 0.717) is 11.6 Å². The number of carbonyl (C=O) groups excluding carboxylic acids is 2. The maximum absolute atomic E-state index is 11.4. The zero-order valence-electron chi connectivity index (χ0n) is 10.6. The molecule has 0 aromatic heterocycles. The Balaban J connectivity index is 2.56. The summed E-state index contributed by atoms with van der Waals surface area (Å²) < 4.78 is 0. The second-order valence-corrected chi connectivity index (χ2v) is 4.21. The minimum absolute atomic E-state index is 0.0680. The van der Waals surface area contributed by atoms with Gasteiger partial charge in [0, 0.05) is 12.2 Å². The van der Waals surface area contributed by atoms with Crippen LogP contribution in [0.4, 0.5) is 5.69 Å². The zero-order chi connectivity index (χ0) is 13.5. The van der Waals surface area contributed by atoms with Gasteiger partial charge >= 0.3 is 11.8 Å². The third kappa shape index (κ3) is 4.18. The Kier molecular flexibility index (Phi) is 5.32. The maximum Gasteiger partial charge on any atom is 0.313 e. The van der Waals surface area contributed by atoms with E-state index in [1.165, 1.54) is 0 Å². The van der Waals surface area contributed by atoms with Gasteiger partial charge in [-0.3, -0.25) is 9.59 Å². The van der Waals surface area contributed by atoms with Gasteiger partial charge in [-0.15, -0.1) is 0 Å². The first-order valence-electron chi connectivity index (χ1n) is 5.84. The van der Waals surface area contributed by atoms with E-state index in [1.54, 1.807) is 12.1 Å². The number of hydrogen-bond donors (Lipinski definition) is 3. The molecule has 18 heavy (non-hydrogen) atoms. The minimum Gasteiger partial charge on any atom is -0.395 e. The van der Waals surface area contributed by atoms with Crippen LogP contribution in [0.2, 0.25) is 0 Å². The summed E-state index contributed by atoms with van der Waals surface area (Å²) in [6.45, 7) is 4.03. The molecule has 0 bridgehead atoms. The van der Waals surface area contributed by atoms with Crippen LogP contribution in [-0.2, 0) is 9.59 Å². The van der Waals surface area contributed by atoms with Crippen molar-refractivity contribution in [2.45, 2.75) is 19.8 Å². The van der Waals surface area contributed by atoms with Crippen LogP contribution in [0.5, 0.6) is 0 Å². The second kappa shape index (κ2) is 6.76. The maximum atomic E-state index is 11.4. The Morgan fingerprint density at radius 2 is 1.78 bits per heavy atom. The fourth-order valence-corrected chi connectivity index (χ4v) is 1.39. The highest BCUT2D eigenvalue weighted by Crippen LogP contribution is 2.16. The quantitative estimate of drug-likeness (QED) is 0.693. The van der Waals surface area contributed by atoms with E-state index in [0.717, 1.165) is 5.56 Å². The van der Waals surface area contributed by atoms with Crippen molar-refractivity contribution >= 4 is 17.5 Å². The van der Waals surface area contributed by atoms with Gasteiger partial charge < -0.3 is 15.7 Å². The summed E-state index contributed by atoms with van der Waals surface area (Å²) in [5, 5.41) is 13.3. The number of carbonyl (C=O) groups is 2. The summed E-state index contributed by atoms with van der Waals surface area (Å²) >= 11 is 0. The fourth-order valence-electron chi connectivity index (χ4n) is 1.39. The van der Waals surface area contributed by atoms with Crippen LogP contribution in [0.15, 0.2) is 24.3 Å². The number of aliphatic hydroxyl groups excluding tert-OH is 1. The molecule has 1 aromatic carbocycles. The van der Waals surface area contributed by atoms with Crippen LogP contribution in [0.3, 0.4) is 0 Å². The second-order valence-electron chi connectivity index (χ2n) is 4.21. The highest BCUT2D eigenvalue weighted by molar-refractivity contribution is 6.39. The molecule has 0 atom stereocenters. The lowest BCUT2D eigenvalue weighted by Crippen LogP contribution is -2.36. The Morgan fingerprint density at radius 3 is 2.28 bits per heavy atom. The Morgan fingerprint density at radius 1 is 1.17 bits per heavy atom. The van der Waals surface area contributed by atoms with E-state index in [2.05, 4.69) is 24.5 Å². The lowest BCUT2D eigenvalue weighted by Gasteiger charge is -2.08. The van der Waals surface area contributed by atoms with E-state index in [-0.39, 0.29) is 13.2 Å². The monoisotopic (exact) mass is 250 g/mol. The molecule has 5 nitrogen and oxygen atoms in total. The molecule has 98 valence electrons. The Bertz CT molecular complexity index is 413. The summed E-state index contributed by atoms with van der Waals surface area (Å²) in [7, 11) is 0. The lowest BCUT2D eigenvalue weighted by atomic mass is 10.0. The standard InChI is InChI=1S/C13H18N2O3/c1-9(2)10-3-5-11(6-4-10)15-13(18)12(17)14-7-8-16/h3-6,9,16H,7-8H2,1-2H3,(H,14,17)(H,15,18). The van der Waals surface area contributed by atoms with Gasteiger partial charge in [-0.1, -0.05) is 26.0 Å². The molecule has 3 N–H and O–H groups in total. The molecule has 0 aliphatic rings. The summed E-state index contributed by atoms with van der Waals surface area (Å²) in [5.41, 5.74) is 1.74. The molecule has 0 saturated heterocycles. The third-order valence-electron chi connectivity index (χ3n) is 2.44. The molecule has 1 rings (SSSR count). The van der Waals surface area contributed by atoms with E-state index in [9.17, 15) is 9.59 Å². The van der Waals surface area contributed by atoms with Gasteiger partial charge in [-0.2, -0.15) is 0 Å². The lowest BCUT2D eigenvalue weighted by molar-refractivity contribution is -0.136. The highest BCUT2D eigenvalue weighted by Gasteiger charge is 2.12. The van der Waals surface area contributed by atoms with Crippen molar-refractivity contribution in [1.29, 1.82) is 0 Å². The van der Waals surface area contributed by atoms with Gasteiger partial charge in [0.15, 0.2) is 0 Å². The van der Waals surface area contributed by atoms with Crippen molar-refractivity contribution in [2.24, 2.45) is 0 Å². The average Bonchev–Trinajstić information content (AvgIpc) is 2.36. The number of anilines is 1. The third-order valence-corrected chi connectivity index (χ3v) is 2.44. The first-order chi connectivity index (χ1) is 8.54. The van der Waals surface area contributed by atoms with Crippen molar-refractivity contribution in [3.63, 3.8) is 0 Å².